The van der Waals surface area contributed by atoms with Gasteiger partial charge in [0.25, 0.3) is 0 Å². The third-order valence-corrected chi connectivity index (χ3v) is 5.57. The van der Waals surface area contributed by atoms with E-state index in [-0.39, 0.29) is 23.3 Å². The Morgan fingerprint density at radius 3 is 2.70 bits per heavy atom. The zero-order valence-electron chi connectivity index (χ0n) is 15.6. The van der Waals surface area contributed by atoms with Gasteiger partial charge >= 0.3 is 0 Å². The Labute approximate surface area is 159 Å². The molecule has 0 bridgehead atoms. The van der Waals surface area contributed by atoms with Crippen molar-refractivity contribution in [3.63, 3.8) is 0 Å². The van der Waals surface area contributed by atoms with Crippen molar-refractivity contribution in [2.75, 3.05) is 6.54 Å². The number of aryl methyl sites for hydroxylation is 1. The molecule has 0 unspecified atom stereocenters. The third kappa shape index (κ3) is 4.18. The van der Waals surface area contributed by atoms with Gasteiger partial charge in [0.1, 0.15) is 0 Å². The summed E-state index contributed by atoms with van der Waals surface area (Å²) in [5.41, 5.74) is 3.42. The SMILES string of the molecule is Cc1cccc(CC2(NC(=O)[C@@H]3CC(=O)N(Cc4ccncc4)C3)CC2)c1. The molecule has 1 aliphatic carbocycles. The first-order valence-corrected chi connectivity index (χ1v) is 9.57. The minimum atomic E-state index is -0.255. The van der Waals surface area contributed by atoms with E-state index in [9.17, 15) is 9.59 Å². The van der Waals surface area contributed by atoms with Gasteiger partial charge < -0.3 is 10.2 Å². The van der Waals surface area contributed by atoms with Crippen LogP contribution in [0.3, 0.4) is 0 Å². The molecule has 1 atom stereocenters. The second-order valence-electron chi connectivity index (χ2n) is 7.97. The molecule has 5 heteroatoms. The molecule has 2 heterocycles. The van der Waals surface area contributed by atoms with Crippen molar-refractivity contribution in [2.45, 2.75) is 44.7 Å². The smallest absolute Gasteiger partial charge is 0.225 e. The number of likely N-dealkylation sites (tertiary alicyclic amines) is 1. The highest BCUT2D eigenvalue weighted by molar-refractivity contribution is 5.89. The number of benzene rings is 1. The van der Waals surface area contributed by atoms with Gasteiger partial charge in [-0.15, -0.1) is 0 Å². The van der Waals surface area contributed by atoms with Gasteiger partial charge in [0.15, 0.2) is 0 Å². The molecule has 4 rings (SSSR count). The summed E-state index contributed by atoms with van der Waals surface area (Å²) in [6.07, 6.45) is 6.63. The molecule has 1 N–H and O–H groups in total. The molecule has 27 heavy (non-hydrogen) atoms. The number of rotatable bonds is 6. The molecule has 1 saturated carbocycles. The van der Waals surface area contributed by atoms with Crippen molar-refractivity contribution in [1.82, 2.24) is 15.2 Å². The quantitative estimate of drug-likeness (QED) is 0.858. The van der Waals surface area contributed by atoms with E-state index < -0.39 is 0 Å². The summed E-state index contributed by atoms with van der Waals surface area (Å²) in [6.45, 7) is 3.12. The fraction of sp³-hybridized carbons (Fsp3) is 0.409. The van der Waals surface area contributed by atoms with E-state index in [1.54, 1.807) is 17.3 Å². The summed E-state index contributed by atoms with van der Waals surface area (Å²) in [5.74, 6) is -0.185. The summed E-state index contributed by atoms with van der Waals surface area (Å²) in [4.78, 5) is 30.9. The van der Waals surface area contributed by atoms with E-state index in [1.165, 1.54) is 11.1 Å². The van der Waals surface area contributed by atoms with E-state index in [0.29, 0.717) is 19.5 Å². The lowest BCUT2D eigenvalue weighted by Crippen LogP contribution is -2.42. The number of nitrogens with one attached hydrogen (secondary N) is 1. The highest BCUT2D eigenvalue weighted by atomic mass is 16.2. The third-order valence-electron chi connectivity index (χ3n) is 5.57. The van der Waals surface area contributed by atoms with Crippen LogP contribution >= 0.6 is 0 Å². The second-order valence-corrected chi connectivity index (χ2v) is 7.97. The number of carbonyl (C=O) groups is 2. The summed E-state index contributed by atoms with van der Waals surface area (Å²) in [6, 6.07) is 12.3. The highest BCUT2D eigenvalue weighted by Gasteiger charge is 2.46. The molecule has 5 nitrogen and oxygen atoms in total. The van der Waals surface area contributed by atoms with E-state index >= 15 is 0 Å². The maximum absolute atomic E-state index is 12.8. The fourth-order valence-electron chi connectivity index (χ4n) is 3.88. The lowest BCUT2D eigenvalue weighted by Gasteiger charge is -2.21. The standard InChI is InChI=1S/C22H25N3O2/c1-16-3-2-4-18(11-16)13-22(7-8-22)24-21(27)19-12-20(26)25(15-19)14-17-5-9-23-10-6-17/h2-6,9-11,19H,7-8,12-15H2,1H3,(H,24,27)/t19-/m1/s1. The van der Waals surface area contributed by atoms with Crippen LogP contribution in [0.15, 0.2) is 48.8 Å². The predicted octanol–water partition coefficient (Wildman–Crippen LogP) is 2.63. The molecule has 1 aromatic carbocycles. The molecule has 1 saturated heterocycles. The van der Waals surface area contributed by atoms with Crippen molar-refractivity contribution in [1.29, 1.82) is 0 Å². The van der Waals surface area contributed by atoms with Gasteiger partial charge in [0.2, 0.25) is 11.8 Å². The van der Waals surface area contributed by atoms with Crippen LogP contribution in [0.1, 0.15) is 36.0 Å². The van der Waals surface area contributed by atoms with Crippen LogP contribution in [-0.4, -0.2) is 33.8 Å². The predicted molar refractivity (Wildman–Crippen MR) is 103 cm³/mol. The molecule has 2 amide bonds. The zero-order chi connectivity index (χ0) is 18.9. The van der Waals surface area contributed by atoms with E-state index in [0.717, 1.165) is 24.8 Å². The normalized spacial score (nSPS) is 20.6. The molecule has 140 valence electrons. The van der Waals surface area contributed by atoms with Gasteiger partial charge in [0, 0.05) is 37.4 Å². The Morgan fingerprint density at radius 2 is 2.00 bits per heavy atom. The first-order valence-electron chi connectivity index (χ1n) is 9.57. The number of hydrogen-bond donors (Lipinski definition) is 1. The van der Waals surface area contributed by atoms with Crippen molar-refractivity contribution in [3.05, 3.63) is 65.5 Å². The van der Waals surface area contributed by atoms with Crippen LogP contribution in [-0.2, 0) is 22.6 Å². The second kappa shape index (κ2) is 7.14. The number of amides is 2. The van der Waals surface area contributed by atoms with Crippen LogP contribution in [0.2, 0.25) is 0 Å². The molecule has 0 radical (unpaired) electrons. The monoisotopic (exact) mass is 363 g/mol. The Hall–Kier alpha value is -2.69. The maximum Gasteiger partial charge on any atom is 0.225 e. The topological polar surface area (TPSA) is 62.3 Å². The van der Waals surface area contributed by atoms with Crippen LogP contribution < -0.4 is 5.32 Å². The number of hydrogen-bond acceptors (Lipinski definition) is 3. The van der Waals surface area contributed by atoms with Gasteiger partial charge in [-0.2, -0.15) is 0 Å². The van der Waals surface area contributed by atoms with Crippen LogP contribution in [0.4, 0.5) is 0 Å². The van der Waals surface area contributed by atoms with Gasteiger partial charge in [-0.05, 0) is 49.4 Å². The summed E-state index contributed by atoms with van der Waals surface area (Å²) >= 11 is 0. The largest absolute Gasteiger partial charge is 0.350 e. The molecular formula is C22H25N3O2. The average Bonchev–Trinajstić information content (AvgIpc) is 3.29. The van der Waals surface area contributed by atoms with Crippen LogP contribution in [0.25, 0.3) is 0 Å². The number of nitrogens with zero attached hydrogens (tertiary/aromatic N) is 2. The summed E-state index contributed by atoms with van der Waals surface area (Å²) < 4.78 is 0. The van der Waals surface area contributed by atoms with Crippen molar-refractivity contribution < 1.29 is 9.59 Å². The Morgan fingerprint density at radius 1 is 1.22 bits per heavy atom. The fourth-order valence-corrected chi connectivity index (χ4v) is 3.88. The van der Waals surface area contributed by atoms with Crippen molar-refractivity contribution >= 4 is 11.8 Å². The number of aromatic nitrogens is 1. The Bertz CT molecular complexity index is 846. The van der Waals surface area contributed by atoms with Gasteiger partial charge in [-0.1, -0.05) is 29.8 Å². The Balaban J connectivity index is 1.35. The van der Waals surface area contributed by atoms with E-state index in [1.807, 2.05) is 12.1 Å². The molecule has 1 aromatic heterocycles. The van der Waals surface area contributed by atoms with Gasteiger partial charge in [-0.25, -0.2) is 0 Å². The first kappa shape index (κ1) is 17.7. The molecule has 2 aliphatic rings. The first-order chi connectivity index (χ1) is 13.0. The van der Waals surface area contributed by atoms with E-state index in [4.69, 9.17) is 0 Å². The van der Waals surface area contributed by atoms with Crippen molar-refractivity contribution in [2.24, 2.45) is 5.92 Å². The Kier molecular flexibility index (Phi) is 4.68. The molecule has 2 fully saturated rings. The highest BCUT2D eigenvalue weighted by Crippen LogP contribution is 2.39. The van der Waals surface area contributed by atoms with Crippen molar-refractivity contribution in [3.8, 4) is 0 Å². The summed E-state index contributed by atoms with van der Waals surface area (Å²) in [7, 11) is 0. The lowest BCUT2D eigenvalue weighted by atomic mass is 10.0. The average molecular weight is 363 g/mol. The van der Waals surface area contributed by atoms with Crippen LogP contribution in [0.5, 0.6) is 0 Å². The maximum atomic E-state index is 12.8. The van der Waals surface area contributed by atoms with Gasteiger partial charge in [0.05, 0.1) is 5.92 Å². The number of pyridine rings is 1. The van der Waals surface area contributed by atoms with E-state index in [2.05, 4.69) is 41.5 Å². The summed E-state index contributed by atoms with van der Waals surface area (Å²) in [5, 5.41) is 3.25. The molecule has 1 aliphatic heterocycles. The minimum Gasteiger partial charge on any atom is -0.350 e. The minimum absolute atomic E-state index is 0.0192. The lowest BCUT2D eigenvalue weighted by molar-refractivity contribution is -0.129. The molecule has 2 aromatic rings. The molecular weight excluding hydrogens is 338 g/mol. The molecule has 0 spiro atoms. The zero-order valence-corrected chi connectivity index (χ0v) is 15.6. The van der Waals surface area contributed by atoms with Crippen LogP contribution in [0, 0.1) is 12.8 Å². The number of carbonyl (C=O) groups excluding carboxylic acids is 2. The van der Waals surface area contributed by atoms with Gasteiger partial charge in [-0.3, -0.25) is 14.6 Å².